The molecule has 1 saturated heterocycles. The van der Waals surface area contributed by atoms with Crippen molar-refractivity contribution in [2.45, 2.75) is 61.6 Å². The van der Waals surface area contributed by atoms with E-state index in [2.05, 4.69) is 21.2 Å². The molecular weight excluding hydrogens is 549 g/mol. The Morgan fingerprint density at radius 2 is 1.92 bits per heavy atom. The molecule has 3 heterocycles. The first kappa shape index (κ1) is 26.9. The number of aliphatic hydroxyl groups is 1. The quantitative estimate of drug-likeness (QED) is 0.444. The number of aromatic nitrogens is 3. The minimum absolute atomic E-state index is 0.0764. The molecule has 2 fully saturated rings. The van der Waals surface area contributed by atoms with Gasteiger partial charge in [-0.05, 0) is 63.3 Å². The molecule has 0 radical (unpaired) electrons. The molecule has 38 heavy (non-hydrogen) atoms. The summed E-state index contributed by atoms with van der Waals surface area (Å²) in [6.45, 7) is 2.33. The van der Waals surface area contributed by atoms with Crippen molar-refractivity contribution < 1.29 is 13.5 Å². The molecule has 200 valence electrons. The highest BCUT2D eigenvalue weighted by molar-refractivity contribution is 7.89. The fraction of sp³-hybridized carbons (Fsp3) is 0.423. The normalized spacial score (nSPS) is 23.0. The van der Waals surface area contributed by atoms with E-state index in [1.165, 1.54) is 27.1 Å². The molecule has 3 aromatic rings. The van der Waals surface area contributed by atoms with E-state index >= 15 is 0 Å². The lowest BCUT2D eigenvalue weighted by Gasteiger charge is -2.32. The number of hydrogen-bond acceptors (Lipinski definition) is 7. The Bertz CT molecular complexity index is 1610. The van der Waals surface area contributed by atoms with Crippen LogP contribution in [0.5, 0.6) is 0 Å². The predicted octanol–water partition coefficient (Wildman–Crippen LogP) is 3.82. The van der Waals surface area contributed by atoms with Crippen LogP contribution in [0.25, 0.3) is 11.0 Å². The Labute approximate surface area is 230 Å². The predicted molar refractivity (Wildman–Crippen MR) is 147 cm³/mol. The first-order valence-electron chi connectivity index (χ1n) is 12.3. The number of nitrogens with one attached hydrogen (secondary N) is 1. The van der Waals surface area contributed by atoms with Gasteiger partial charge in [-0.2, -0.15) is 9.29 Å². The number of hydrogen-bond donors (Lipinski definition) is 2. The molecule has 2 aliphatic rings. The van der Waals surface area contributed by atoms with E-state index in [0.717, 1.165) is 6.42 Å². The summed E-state index contributed by atoms with van der Waals surface area (Å²) in [7, 11) is -3.71. The maximum atomic E-state index is 13.2. The van der Waals surface area contributed by atoms with Gasteiger partial charge in [0.05, 0.1) is 32.1 Å². The number of piperidine rings is 1. The molecule has 1 aliphatic carbocycles. The second-order valence-electron chi connectivity index (χ2n) is 10.0. The van der Waals surface area contributed by atoms with Crippen LogP contribution in [0.15, 0.2) is 40.2 Å². The summed E-state index contributed by atoms with van der Waals surface area (Å²) in [6.07, 6.45) is 10.2. The van der Waals surface area contributed by atoms with Gasteiger partial charge in [-0.15, -0.1) is 6.42 Å². The third kappa shape index (κ3) is 4.90. The van der Waals surface area contributed by atoms with Crippen LogP contribution < -0.4 is 10.9 Å². The van der Waals surface area contributed by atoms with Gasteiger partial charge in [-0.25, -0.2) is 13.4 Å². The summed E-state index contributed by atoms with van der Waals surface area (Å²) >= 11 is 12.0. The van der Waals surface area contributed by atoms with E-state index in [-0.39, 0.29) is 27.1 Å². The highest BCUT2D eigenvalue weighted by Gasteiger charge is 2.40. The molecule has 1 aromatic carbocycles. The molecule has 5 rings (SSSR count). The van der Waals surface area contributed by atoms with Crippen LogP contribution in [0.3, 0.4) is 0 Å². The number of anilines is 1. The maximum absolute atomic E-state index is 13.2. The van der Waals surface area contributed by atoms with Crippen LogP contribution in [0, 0.1) is 12.3 Å². The molecule has 1 aliphatic heterocycles. The van der Waals surface area contributed by atoms with E-state index < -0.39 is 21.7 Å². The van der Waals surface area contributed by atoms with Gasteiger partial charge in [0.15, 0.2) is 0 Å². The number of halogens is 2. The summed E-state index contributed by atoms with van der Waals surface area (Å²) in [4.78, 5) is 22.4. The molecule has 9 nitrogen and oxygen atoms in total. The Hall–Kier alpha value is -2.68. The van der Waals surface area contributed by atoms with E-state index in [4.69, 9.17) is 29.6 Å². The van der Waals surface area contributed by atoms with Crippen LogP contribution in [-0.4, -0.2) is 57.1 Å². The fourth-order valence-electron chi connectivity index (χ4n) is 5.33. The van der Waals surface area contributed by atoms with Crippen LogP contribution in [0.2, 0.25) is 10.0 Å². The van der Waals surface area contributed by atoms with E-state index in [1.54, 1.807) is 19.2 Å². The number of fused-ring (bicyclic) bond motifs is 1. The van der Waals surface area contributed by atoms with Crippen LogP contribution in [-0.2, 0) is 10.0 Å². The molecule has 0 amide bonds. The van der Waals surface area contributed by atoms with E-state index in [1.807, 2.05) is 0 Å². The van der Waals surface area contributed by atoms with Crippen molar-refractivity contribution in [1.82, 2.24) is 18.8 Å². The average molecular weight is 577 g/mol. The summed E-state index contributed by atoms with van der Waals surface area (Å²) < 4.78 is 29.1. The van der Waals surface area contributed by atoms with E-state index in [0.29, 0.717) is 60.8 Å². The minimum atomic E-state index is -3.71. The van der Waals surface area contributed by atoms with Gasteiger partial charge >= 0.3 is 0 Å². The Morgan fingerprint density at radius 3 is 2.55 bits per heavy atom. The van der Waals surface area contributed by atoms with Gasteiger partial charge in [0.2, 0.25) is 16.0 Å². The van der Waals surface area contributed by atoms with Gasteiger partial charge in [0, 0.05) is 30.7 Å². The third-order valence-corrected chi connectivity index (χ3v) is 10.1. The summed E-state index contributed by atoms with van der Waals surface area (Å²) in [5.74, 6) is 2.76. The SMILES string of the molecule is C#Cc1cc2cnc(NC3CCN(S(=O)(=O)c4ccc(Cl)c(Cl)c4)CC3)nc2n([C@@H]2CCC[C@@]2(C)O)c1=O. The van der Waals surface area contributed by atoms with E-state index in [9.17, 15) is 18.3 Å². The molecule has 0 unspecified atom stereocenters. The molecule has 12 heteroatoms. The fourth-order valence-corrected chi connectivity index (χ4v) is 7.19. The maximum Gasteiger partial charge on any atom is 0.268 e. The van der Waals surface area contributed by atoms with Crippen molar-refractivity contribution in [1.29, 1.82) is 0 Å². The number of rotatable bonds is 5. The topological polar surface area (TPSA) is 117 Å². The van der Waals surface area contributed by atoms with Gasteiger partial charge in [0.25, 0.3) is 5.56 Å². The number of nitrogens with zero attached hydrogens (tertiary/aromatic N) is 4. The second-order valence-corrected chi connectivity index (χ2v) is 12.8. The third-order valence-electron chi connectivity index (χ3n) is 7.43. The zero-order chi connectivity index (χ0) is 27.2. The van der Waals surface area contributed by atoms with Gasteiger partial charge in [0.1, 0.15) is 5.65 Å². The molecule has 0 bridgehead atoms. The smallest absolute Gasteiger partial charge is 0.268 e. The summed E-state index contributed by atoms with van der Waals surface area (Å²) in [6, 6.07) is 5.34. The van der Waals surface area contributed by atoms with Crippen molar-refractivity contribution in [2.24, 2.45) is 0 Å². The zero-order valence-electron chi connectivity index (χ0n) is 20.7. The van der Waals surface area contributed by atoms with Crippen molar-refractivity contribution in [2.75, 3.05) is 18.4 Å². The molecule has 2 aromatic heterocycles. The number of pyridine rings is 1. The molecular formula is C26H27Cl2N5O4S. The van der Waals surface area contributed by atoms with Gasteiger partial charge in [-0.3, -0.25) is 9.36 Å². The lowest BCUT2D eigenvalue weighted by molar-refractivity contribution is 0.0266. The van der Waals surface area contributed by atoms with Crippen molar-refractivity contribution in [3.63, 3.8) is 0 Å². The first-order valence-corrected chi connectivity index (χ1v) is 14.5. The highest BCUT2D eigenvalue weighted by atomic mass is 35.5. The summed E-state index contributed by atoms with van der Waals surface area (Å²) in [5, 5.41) is 15.3. The monoisotopic (exact) mass is 575 g/mol. The van der Waals surface area contributed by atoms with Gasteiger partial charge < -0.3 is 10.4 Å². The molecule has 0 spiro atoms. The average Bonchev–Trinajstić information content (AvgIpc) is 3.24. The number of terminal acetylenes is 1. The van der Waals surface area contributed by atoms with Crippen molar-refractivity contribution in [3.05, 3.63) is 56.4 Å². The second kappa shape index (κ2) is 10.1. The first-order chi connectivity index (χ1) is 18.0. The lowest BCUT2D eigenvalue weighted by Crippen LogP contribution is -2.42. The van der Waals surface area contributed by atoms with Gasteiger partial charge in [-0.1, -0.05) is 29.1 Å². The number of benzene rings is 1. The van der Waals surface area contributed by atoms with Crippen molar-refractivity contribution >= 4 is 50.2 Å². The molecule has 1 saturated carbocycles. The minimum Gasteiger partial charge on any atom is -0.388 e. The zero-order valence-corrected chi connectivity index (χ0v) is 23.0. The highest BCUT2D eigenvalue weighted by Crippen LogP contribution is 2.39. The Balaban J connectivity index is 1.37. The van der Waals surface area contributed by atoms with Crippen LogP contribution >= 0.6 is 23.2 Å². The van der Waals surface area contributed by atoms with Crippen LogP contribution in [0.4, 0.5) is 5.95 Å². The largest absolute Gasteiger partial charge is 0.388 e. The summed E-state index contributed by atoms with van der Waals surface area (Å²) in [5.41, 5.74) is -0.828. The molecule has 2 N–H and O–H groups in total. The Kier molecular flexibility index (Phi) is 7.18. The standard InChI is InChI=1S/C26H27Cl2N5O4S/c1-3-16-13-17-15-29-25(31-23(17)33(24(16)34)22-5-4-10-26(22,2)35)30-18-8-11-32(12-9-18)38(36,37)19-6-7-20(27)21(28)14-19/h1,6-7,13-15,18,22,35H,4-5,8-12H2,2H3,(H,29,30,31)/t22-,26-/m1/s1. The number of sulfonamides is 1. The Morgan fingerprint density at radius 1 is 1.18 bits per heavy atom. The van der Waals surface area contributed by atoms with Crippen molar-refractivity contribution in [3.8, 4) is 12.3 Å². The molecule has 2 atom stereocenters. The lowest BCUT2D eigenvalue weighted by atomic mass is 9.99. The van der Waals surface area contributed by atoms with Crippen LogP contribution in [0.1, 0.15) is 50.6 Å².